The zero-order valence-electron chi connectivity index (χ0n) is 18.2. The minimum atomic E-state index is -0.256. The quantitative estimate of drug-likeness (QED) is 0.460. The number of amides is 3. The molecule has 0 atom stereocenters. The van der Waals surface area contributed by atoms with Crippen LogP contribution in [0.2, 0.25) is 0 Å². The first-order valence-corrected chi connectivity index (χ1v) is 11.1. The number of hydrogen-bond acceptors (Lipinski definition) is 4. The van der Waals surface area contributed by atoms with E-state index >= 15 is 0 Å². The zero-order valence-corrected chi connectivity index (χ0v) is 19.1. The third-order valence-electron chi connectivity index (χ3n) is 4.72. The van der Waals surface area contributed by atoms with E-state index in [2.05, 4.69) is 23.8 Å². The summed E-state index contributed by atoms with van der Waals surface area (Å²) < 4.78 is 0. The molecule has 0 bridgehead atoms. The lowest BCUT2D eigenvalue weighted by Crippen LogP contribution is -2.41. The molecular formula is C23H34N4O2S. The van der Waals surface area contributed by atoms with Crippen LogP contribution in [0, 0.1) is 5.92 Å². The Balaban J connectivity index is 0.00000106. The predicted molar refractivity (Wildman–Crippen MR) is 129 cm³/mol. The summed E-state index contributed by atoms with van der Waals surface area (Å²) in [5, 5.41) is 7.78. The minimum Gasteiger partial charge on any atom is -0.397 e. The number of rotatable bonds is 4. The van der Waals surface area contributed by atoms with Gasteiger partial charge in [-0.2, -0.15) is 0 Å². The van der Waals surface area contributed by atoms with Crippen molar-refractivity contribution in [3.05, 3.63) is 48.9 Å². The summed E-state index contributed by atoms with van der Waals surface area (Å²) >= 11 is 1.64. The highest BCUT2D eigenvalue weighted by Crippen LogP contribution is 2.30. The molecule has 1 aliphatic heterocycles. The van der Waals surface area contributed by atoms with Gasteiger partial charge in [-0.3, -0.25) is 4.79 Å². The van der Waals surface area contributed by atoms with Gasteiger partial charge in [0.25, 0.3) is 0 Å². The summed E-state index contributed by atoms with van der Waals surface area (Å²) in [4.78, 5) is 26.6. The Hall–Kier alpha value is -2.80. The molecule has 1 saturated heterocycles. The van der Waals surface area contributed by atoms with Crippen molar-refractivity contribution in [2.24, 2.45) is 5.92 Å². The van der Waals surface area contributed by atoms with E-state index in [0.29, 0.717) is 23.8 Å². The van der Waals surface area contributed by atoms with Crippen molar-refractivity contribution in [3.63, 3.8) is 0 Å². The molecule has 6 nitrogen and oxygen atoms in total. The van der Waals surface area contributed by atoms with Gasteiger partial charge < -0.3 is 21.3 Å². The molecule has 0 saturated carbocycles. The number of piperidine rings is 1. The molecule has 3 rings (SSSR count). The molecule has 2 heterocycles. The van der Waals surface area contributed by atoms with Gasteiger partial charge in [0.15, 0.2) is 0 Å². The average Bonchev–Trinajstić information content (AvgIpc) is 3.32. The number of nitrogen functional groups attached to an aromatic ring is 1. The third kappa shape index (κ3) is 7.55. The third-order valence-corrected chi connectivity index (χ3v) is 5.64. The topological polar surface area (TPSA) is 87.5 Å². The lowest BCUT2D eigenvalue weighted by atomic mass is 9.97. The van der Waals surface area contributed by atoms with Crippen LogP contribution in [-0.2, 0) is 4.79 Å². The smallest absolute Gasteiger partial charge is 0.319 e. The van der Waals surface area contributed by atoms with E-state index in [1.807, 2.05) is 54.5 Å². The predicted octanol–water partition coefficient (Wildman–Crippen LogP) is 5.21. The highest BCUT2D eigenvalue weighted by molar-refractivity contribution is 7.13. The Labute approximate surface area is 184 Å². The first-order chi connectivity index (χ1) is 14.5. The normalized spacial score (nSPS) is 13.2. The number of likely N-dealkylation sites (tertiary alicyclic amines) is 1. The van der Waals surface area contributed by atoms with Gasteiger partial charge in [-0.1, -0.05) is 26.0 Å². The van der Waals surface area contributed by atoms with Crippen molar-refractivity contribution in [3.8, 4) is 10.4 Å². The molecule has 1 aliphatic rings. The summed E-state index contributed by atoms with van der Waals surface area (Å²) in [5.74, 6) is 0.515. The number of nitrogens with one attached hydrogen (secondary N) is 2. The summed E-state index contributed by atoms with van der Waals surface area (Å²) in [6, 6.07) is 9.43. The number of thiophene rings is 1. The van der Waals surface area contributed by atoms with Gasteiger partial charge in [-0.05, 0) is 47.9 Å². The van der Waals surface area contributed by atoms with Gasteiger partial charge in [0.05, 0.1) is 11.4 Å². The van der Waals surface area contributed by atoms with Crippen LogP contribution in [-0.4, -0.2) is 36.5 Å². The monoisotopic (exact) mass is 430 g/mol. The number of urea groups is 1. The van der Waals surface area contributed by atoms with Crippen LogP contribution in [0.4, 0.5) is 16.2 Å². The lowest BCUT2D eigenvalue weighted by molar-refractivity contribution is -0.130. The van der Waals surface area contributed by atoms with Gasteiger partial charge in [0, 0.05) is 31.4 Å². The number of hydrogen-bond donors (Lipinski definition) is 3. The standard InChI is InChI=1S/C19H24N4O2S.C2H6.C2H4/c1-13(24)23-8-6-14(7-9-23)12-21-19(25)22-17-11-15(4-5-16(17)20)18-3-2-10-26-18;2*1-2/h2-5,10-11,14H,6-9,12,20H2,1H3,(H2,21,22,25);1-2H3;1-2H2. The van der Waals surface area contributed by atoms with Gasteiger partial charge in [-0.15, -0.1) is 24.5 Å². The summed E-state index contributed by atoms with van der Waals surface area (Å²) in [7, 11) is 0. The number of carbonyl (C=O) groups is 2. The van der Waals surface area contributed by atoms with Gasteiger partial charge in [0.2, 0.25) is 5.91 Å². The lowest BCUT2D eigenvalue weighted by Gasteiger charge is -2.31. The Bertz CT molecular complexity index is 785. The Morgan fingerprint density at radius 2 is 1.87 bits per heavy atom. The van der Waals surface area contributed by atoms with E-state index in [4.69, 9.17) is 5.73 Å². The Kier molecular flexibility index (Phi) is 11.3. The Morgan fingerprint density at radius 3 is 2.43 bits per heavy atom. The van der Waals surface area contributed by atoms with E-state index in [9.17, 15) is 9.59 Å². The molecule has 1 aromatic carbocycles. The van der Waals surface area contributed by atoms with Gasteiger partial charge in [-0.25, -0.2) is 4.79 Å². The van der Waals surface area contributed by atoms with Crippen LogP contribution in [0.15, 0.2) is 48.9 Å². The number of benzene rings is 1. The van der Waals surface area contributed by atoms with Crippen LogP contribution in [0.5, 0.6) is 0 Å². The molecule has 0 radical (unpaired) electrons. The molecule has 3 amide bonds. The second-order valence-corrected chi connectivity index (χ2v) is 7.51. The molecule has 1 fully saturated rings. The van der Waals surface area contributed by atoms with Crippen molar-refractivity contribution in [2.45, 2.75) is 33.6 Å². The van der Waals surface area contributed by atoms with Crippen molar-refractivity contribution in [2.75, 3.05) is 30.7 Å². The molecule has 1 aromatic heterocycles. The maximum absolute atomic E-state index is 12.2. The molecule has 0 aliphatic carbocycles. The fraction of sp³-hybridized carbons (Fsp3) is 0.391. The van der Waals surface area contributed by atoms with Crippen molar-refractivity contribution < 1.29 is 9.59 Å². The van der Waals surface area contributed by atoms with E-state index in [0.717, 1.165) is 36.4 Å². The second kappa shape index (κ2) is 13.4. The maximum atomic E-state index is 12.2. The number of anilines is 2. The van der Waals surface area contributed by atoms with Crippen molar-refractivity contribution in [1.82, 2.24) is 10.2 Å². The second-order valence-electron chi connectivity index (χ2n) is 6.56. The fourth-order valence-corrected chi connectivity index (χ4v) is 3.84. The SMILES string of the molecule is C=C.CC.CC(=O)N1CCC(CNC(=O)Nc2cc(-c3cccs3)ccc2N)CC1. The van der Waals surface area contributed by atoms with E-state index in [-0.39, 0.29) is 11.9 Å². The van der Waals surface area contributed by atoms with E-state index < -0.39 is 0 Å². The van der Waals surface area contributed by atoms with Gasteiger partial charge in [0.1, 0.15) is 0 Å². The highest BCUT2D eigenvalue weighted by atomic mass is 32.1. The maximum Gasteiger partial charge on any atom is 0.319 e. The highest BCUT2D eigenvalue weighted by Gasteiger charge is 2.21. The minimum absolute atomic E-state index is 0.121. The summed E-state index contributed by atoms with van der Waals surface area (Å²) in [6.07, 6.45) is 1.83. The first kappa shape index (κ1) is 25.2. The van der Waals surface area contributed by atoms with Gasteiger partial charge >= 0.3 is 6.03 Å². The fourth-order valence-electron chi connectivity index (χ4n) is 3.12. The van der Waals surface area contributed by atoms with Crippen LogP contribution in [0.25, 0.3) is 10.4 Å². The molecule has 0 unspecified atom stereocenters. The largest absolute Gasteiger partial charge is 0.397 e. The van der Waals surface area contributed by atoms with Crippen molar-refractivity contribution >= 4 is 34.6 Å². The van der Waals surface area contributed by atoms with E-state index in [1.165, 1.54) is 0 Å². The van der Waals surface area contributed by atoms with Crippen LogP contribution in [0.3, 0.4) is 0 Å². The van der Waals surface area contributed by atoms with Crippen molar-refractivity contribution in [1.29, 1.82) is 0 Å². The Morgan fingerprint density at radius 1 is 1.20 bits per heavy atom. The summed E-state index contributed by atoms with van der Waals surface area (Å²) in [5.41, 5.74) is 8.17. The number of nitrogens with two attached hydrogens (primary N) is 1. The van der Waals surface area contributed by atoms with E-state index in [1.54, 1.807) is 18.3 Å². The zero-order chi connectivity index (χ0) is 22.5. The molecule has 30 heavy (non-hydrogen) atoms. The molecule has 4 N–H and O–H groups in total. The van der Waals surface area contributed by atoms with Crippen LogP contribution in [0.1, 0.15) is 33.6 Å². The molecule has 7 heteroatoms. The van der Waals surface area contributed by atoms with Crippen LogP contribution < -0.4 is 16.4 Å². The molecular weight excluding hydrogens is 396 g/mol. The molecule has 2 aromatic rings. The molecule has 164 valence electrons. The van der Waals surface area contributed by atoms with Crippen LogP contribution >= 0.6 is 11.3 Å². The first-order valence-electron chi connectivity index (χ1n) is 10.3. The number of nitrogens with zero attached hydrogens (tertiary/aromatic N) is 1. The molecule has 0 spiro atoms. The summed E-state index contributed by atoms with van der Waals surface area (Å²) in [6.45, 7) is 13.7. The average molecular weight is 431 g/mol. The number of carbonyl (C=O) groups excluding carboxylic acids is 2.